The third-order valence-electron chi connectivity index (χ3n) is 3.73. The summed E-state index contributed by atoms with van der Waals surface area (Å²) in [7, 11) is 1.91. The van der Waals surface area contributed by atoms with Crippen LogP contribution in [0.4, 0.5) is 0 Å². The van der Waals surface area contributed by atoms with Crippen molar-refractivity contribution in [1.29, 1.82) is 0 Å². The number of hydrogen-bond donors (Lipinski definition) is 1. The Morgan fingerprint density at radius 3 is 2.72 bits per heavy atom. The minimum absolute atomic E-state index is 0.202. The molecular formula is C15H22N2O. The number of likely N-dealkylation sites (N-methyl/N-ethyl adjacent to an activating group) is 1. The molecule has 0 aliphatic carbocycles. The number of benzene rings is 1. The quantitative estimate of drug-likeness (QED) is 0.873. The molecule has 1 N–H and O–H groups in total. The van der Waals surface area contributed by atoms with Gasteiger partial charge < -0.3 is 10.2 Å². The molecule has 98 valence electrons. The minimum Gasteiger partial charge on any atom is -0.345 e. The molecule has 1 saturated heterocycles. The van der Waals surface area contributed by atoms with E-state index in [2.05, 4.69) is 37.4 Å². The van der Waals surface area contributed by atoms with E-state index in [4.69, 9.17) is 0 Å². The summed E-state index contributed by atoms with van der Waals surface area (Å²) in [6, 6.07) is 6.51. The number of rotatable bonds is 4. The van der Waals surface area contributed by atoms with E-state index in [1.54, 1.807) is 0 Å². The average molecular weight is 246 g/mol. The van der Waals surface area contributed by atoms with Crippen molar-refractivity contribution in [2.75, 3.05) is 26.7 Å². The highest BCUT2D eigenvalue weighted by Crippen LogP contribution is 2.13. The van der Waals surface area contributed by atoms with Gasteiger partial charge in [0.25, 0.3) is 0 Å². The predicted molar refractivity (Wildman–Crippen MR) is 73.6 cm³/mol. The maximum absolute atomic E-state index is 12.0. The highest BCUT2D eigenvalue weighted by Gasteiger charge is 2.27. The topological polar surface area (TPSA) is 32.3 Å². The Hall–Kier alpha value is -1.35. The zero-order valence-corrected chi connectivity index (χ0v) is 11.5. The van der Waals surface area contributed by atoms with Gasteiger partial charge in [0.1, 0.15) is 0 Å². The second kappa shape index (κ2) is 5.53. The lowest BCUT2D eigenvalue weighted by Crippen LogP contribution is -2.51. The van der Waals surface area contributed by atoms with E-state index < -0.39 is 0 Å². The van der Waals surface area contributed by atoms with Gasteiger partial charge in [-0.25, -0.2) is 0 Å². The number of carbonyl (C=O) groups excluding carboxylic acids is 1. The number of nitrogens with one attached hydrogen (secondary N) is 1. The Kier molecular flexibility index (Phi) is 4.02. The van der Waals surface area contributed by atoms with Crippen LogP contribution in [0.15, 0.2) is 18.2 Å². The van der Waals surface area contributed by atoms with Crippen LogP contribution in [0, 0.1) is 19.8 Å². The number of nitrogens with zero attached hydrogens (tertiary/aromatic N) is 1. The average Bonchev–Trinajstić information content (AvgIpc) is 2.27. The van der Waals surface area contributed by atoms with Crippen molar-refractivity contribution in [1.82, 2.24) is 10.2 Å². The Morgan fingerprint density at radius 2 is 2.11 bits per heavy atom. The van der Waals surface area contributed by atoms with Gasteiger partial charge in [-0.1, -0.05) is 23.8 Å². The largest absolute Gasteiger partial charge is 0.345 e. The lowest BCUT2D eigenvalue weighted by Gasteiger charge is -2.30. The Morgan fingerprint density at radius 1 is 1.39 bits per heavy atom. The van der Waals surface area contributed by atoms with E-state index in [1.165, 1.54) is 16.7 Å². The molecule has 0 atom stereocenters. The van der Waals surface area contributed by atoms with Crippen molar-refractivity contribution >= 4 is 5.91 Å². The second-order valence-corrected chi connectivity index (χ2v) is 5.29. The molecule has 0 bridgehead atoms. The third-order valence-corrected chi connectivity index (χ3v) is 3.73. The molecule has 0 aromatic heterocycles. The molecule has 0 saturated carbocycles. The summed E-state index contributed by atoms with van der Waals surface area (Å²) < 4.78 is 0. The lowest BCUT2D eigenvalue weighted by molar-refractivity contribution is -0.135. The molecule has 1 aliphatic rings. The molecule has 1 fully saturated rings. The van der Waals surface area contributed by atoms with Crippen LogP contribution in [-0.4, -0.2) is 37.5 Å². The van der Waals surface area contributed by atoms with Crippen LogP contribution < -0.4 is 5.32 Å². The van der Waals surface area contributed by atoms with Crippen molar-refractivity contribution in [3.8, 4) is 0 Å². The molecule has 3 nitrogen and oxygen atoms in total. The van der Waals surface area contributed by atoms with E-state index in [-0.39, 0.29) is 11.8 Å². The Bertz CT molecular complexity index is 438. The normalized spacial score (nSPS) is 15.3. The molecular weight excluding hydrogens is 224 g/mol. The first kappa shape index (κ1) is 13.1. The van der Waals surface area contributed by atoms with Crippen LogP contribution in [0.5, 0.6) is 0 Å². The summed E-state index contributed by atoms with van der Waals surface area (Å²) >= 11 is 0. The van der Waals surface area contributed by atoms with E-state index >= 15 is 0 Å². The highest BCUT2D eigenvalue weighted by molar-refractivity contribution is 5.79. The van der Waals surface area contributed by atoms with Crippen LogP contribution >= 0.6 is 0 Å². The van der Waals surface area contributed by atoms with Crippen LogP contribution in [0.25, 0.3) is 0 Å². The zero-order chi connectivity index (χ0) is 13.1. The first-order chi connectivity index (χ1) is 8.58. The first-order valence-corrected chi connectivity index (χ1v) is 6.60. The standard InChI is InChI=1S/C15H22N2O/c1-11-4-5-12(2)13(8-11)6-7-17(3)15(18)14-9-16-10-14/h4-5,8,14,16H,6-7,9-10H2,1-3H3. The van der Waals surface area contributed by atoms with E-state index in [0.29, 0.717) is 0 Å². The number of amides is 1. The summed E-state index contributed by atoms with van der Waals surface area (Å²) in [5.41, 5.74) is 3.95. The number of hydrogen-bond acceptors (Lipinski definition) is 2. The van der Waals surface area contributed by atoms with Gasteiger partial charge in [-0.05, 0) is 31.4 Å². The first-order valence-electron chi connectivity index (χ1n) is 6.60. The number of aryl methyl sites for hydroxylation is 2. The minimum atomic E-state index is 0.202. The van der Waals surface area contributed by atoms with Gasteiger partial charge >= 0.3 is 0 Å². The van der Waals surface area contributed by atoms with Gasteiger partial charge in [0.05, 0.1) is 5.92 Å². The molecule has 1 heterocycles. The van der Waals surface area contributed by atoms with Gasteiger partial charge in [0, 0.05) is 26.7 Å². The molecule has 3 heteroatoms. The molecule has 1 aromatic carbocycles. The van der Waals surface area contributed by atoms with Crippen LogP contribution in [0.2, 0.25) is 0 Å². The maximum Gasteiger partial charge on any atom is 0.228 e. The molecule has 18 heavy (non-hydrogen) atoms. The number of carbonyl (C=O) groups is 1. The maximum atomic E-state index is 12.0. The van der Waals surface area contributed by atoms with Gasteiger partial charge in [0.2, 0.25) is 5.91 Å². The smallest absolute Gasteiger partial charge is 0.228 e. The van der Waals surface area contributed by atoms with Crippen molar-refractivity contribution in [3.05, 3.63) is 34.9 Å². The Labute approximate surface area is 109 Å². The van der Waals surface area contributed by atoms with Crippen molar-refractivity contribution in [2.45, 2.75) is 20.3 Å². The predicted octanol–water partition coefficient (Wildman–Crippen LogP) is 1.52. The molecule has 0 unspecified atom stereocenters. The lowest BCUT2D eigenvalue weighted by atomic mass is 10.0. The van der Waals surface area contributed by atoms with Crippen molar-refractivity contribution in [2.24, 2.45) is 5.92 Å². The van der Waals surface area contributed by atoms with Gasteiger partial charge in [-0.3, -0.25) is 4.79 Å². The third kappa shape index (κ3) is 2.91. The highest BCUT2D eigenvalue weighted by atomic mass is 16.2. The van der Waals surface area contributed by atoms with Gasteiger partial charge in [-0.15, -0.1) is 0 Å². The van der Waals surface area contributed by atoms with Crippen LogP contribution in [0.1, 0.15) is 16.7 Å². The van der Waals surface area contributed by atoms with Crippen molar-refractivity contribution in [3.63, 3.8) is 0 Å². The molecule has 1 amide bonds. The molecule has 1 aromatic rings. The van der Waals surface area contributed by atoms with Crippen LogP contribution in [-0.2, 0) is 11.2 Å². The summed E-state index contributed by atoms with van der Waals surface area (Å²) in [6.07, 6.45) is 0.940. The zero-order valence-electron chi connectivity index (χ0n) is 11.5. The second-order valence-electron chi connectivity index (χ2n) is 5.29. The summed E-state index contributed by atoms with van der Waals surface area (Å²) in [5, 5.41) is 3.14. The van der Waals surface area contributed by atoms with Gasteiger partial charge in [0.15, 0.2) is 0 Å². The van der Waals surface area contributed by atoms with E-state index in [0.717, 1.165) is 26.1 Å². The van der Waals surface area contributed by atoms with E-state index in [9.17, 15) is 4.79 Å². The fourth-order valence-corrected chi connectivity index (χ4v) is 2.24. The fraction of sp³-hybridized carbons (Fsp3) is 0.533. The summed E-state index contributed by atoms with van der Waals surface area (Å²) in [5.74, 6) is 0.479. The Balaban J connectivity index is 1.90. The van der Waals surface area contributed by atoms with Gasteiger partial charge in [-0.2, -0.15) is 0 Å². The molecule has 1 aliphatic heterocycles. The SMILES string of the molecule is Cc1ccc(C)c(CCN(C)C(=O)C2CNC2)c1. The van der Waals surface area contributed by atoms with Crippen molar-refractivity contribution < 1.29 is 4.79 Å². The molecule has 0 spiro atoms. The monoisotopic (exact) mass is 246 g/mol. The molecule has 2 rings (SSSR count). The summed E-state index contributed by atoms with van der Waals surface area (Å²) in [4.78, 5) is 13.9. The molecule has 0 radical (unpaired) electrons. The summed E-state index contributed by atoms with van der Waals surface area (Å²) in [6.45, 7) is 6.73. The van der Waals surface area contributed by atoms with E-state index in [1.807, 2.05) is 11.9 Å². The van der Waals surface area contributed by atoms with Crippen LogP contribution in [0.3, 0.4) is 0 Å². The fourth-order valence-electron chi connectivity index (χ4n) is 2.24.